The summed E-state index contributed by atoms with van der Waals surface area (Å²) < 4.78 is 0. The standard InChI is InChI=1S/C11H20N2/c1-6-7-8-13-10(3)9(2)12(5)11(13)4/h6-7,11H,8H2,1-5H3. The van der Waals surface area contributed by atoms with Crippen LogP contribution in [0, 0.1) is 0 Å². The van der Waals surface area contributed by atoms with E-state index in [1.54, 1.807) is 0 Å². The van der Waals surface area contributed by atoms with E-state index in [2.05, 4.69) is 56.7 Å². The molecule has 0 saturated carbocycles. The van der Waals surface area contributed by atoms with Crippen LogP contribution in [-0.4, -0.2) is 29.6 Å². The van der Waals surface area contributed by atoms with Gasteiger partial charge in [0, 0.05) is 25.0 Å². The molecule has 0 bridgehead atoms. The molecule has 0 saturated heterocycles. The first-order valence-electron chi connectivity index (χ1n) is 4.87. The van der Waals surface area contributed by atoms with Crippen molar-refractivity contribution in [3.63, 3.8) is 0 Å². The molecule has 0 aliphatic carbocycles. The zero-order chi connectivity index (χ0) is 10.0. The zero-order valence-electron chi connectivity index (χ0n) is 9.33. The molecule has 0 N–H and O–H groups in total. The van der Waals surface area contributed by atoms with Crippen LogP contribution in [0.15, 0.2) is 23.5 Å². The van der Waals surface area contributed by atoms with Gasteiger partial charge in [0.05, 0.1) is 6.17 Å². The molecule has 1 aliphatic rings. The van der Waals surface area contributed by atoms with Crippen LogP contribution in [0.25, 0.3) is 0 Å². The second kappa shape index (κ2) is 3.86. The van der Waals surface area contributed by atoms with Gasteiger partial charge >= 0.3 is 0 Å². The third-order valence-electron chi connectivity index (χ3n) is 3.03. The van der Waals surface area contributed by atoms with E-state index in [4.69, 9.17) is 0 Å². The number of hydrogen-bond acceptors (Lipinski definition) is 2. The summed E-state index contributed by atoms with van der Waals surface area (Å²) in [6.45, 7) is 9.70. The Balaban J connectivity index is 2.76. The molecular formula is C11H20N2. The molecule has 74 valence electrons. The second-order valence-corrected chi connectivity index (χ2v) is 3.63. The third kappa shape index (κ3) is 1.71. The van der Waals surface area contributed by atoms with Crippen LogP contribution in [0.2, 0.25) is 0 Å². The van der Waals surface area contributed by atoms with E-state index in [9.17, 15) is 0 Å². The summed E-state index contributed by atoms with van der Waals surface area (Å²) in [5.74, 6) is 0. The topological polar surface area (TPSA) is 6.48 Å². The van der Waals surface area contributed by atoms with Crippen molar-refractivity contribution in [3.05, 3.63) is 23.5 Å². The van der Waals surface area contributed by atoms with Gasteiger partial charge in [-0.3, -0.25) is 0 Å². The summed E-state index contributed by atoms with van der Waals surface area (Å²) in [6, 6.07) is 0. The van der Waals surface area contributed by atoms with Gasteiger partial charge in [-0.05, 0) is 27.7 Å². The maximum absolute atomic E-state index is 2.41. The number of rotatable bonds is 2. The van der Waals surface area contributed by atoms with E-state index in [-0.39, 0.29) is 0 Å². The summed E-state index contributed by atoms with van der Waals surface area (Å²) in [4.78, 5) is 4.73. The highest BCUT2D eigenvalue weighted by atomic mass is 15.4. The second-order valence-electron chi connectivity index (χ2n) is 3.63. The molecule has 0 aromatic carbocycles. The van der Waals surface area contributed by atoms with E-state index in [0.29, 0.717) is 6.17 Å². The minimum Gasteiger partial charge on any atom is -0.357 e. The van der Waals surface area contributed by atoms with Crippen molar-refractivity contribution in [2.75, 3.05) is 13.6 Å². The van der Waals surface area contributed by atoms with Crippen LogP contribution in [0.1, 0.15) is 27.7 Å². The molecule has 0 radical (unpaired) electrons. The molecule has 13 heavy (non-hydrogen) atoms. The van der Waals surface area contributed by atoms with Gasteiger partial charge in [0.15, 0.2) is 0 Å². The van der Waals surface area contributed by atoms with Crippen molar-refractivity contribution in [2.45, 2.75) is 33.9 Å². The monoisotopic (exact) mass is 180 g/mol. The van der Waals surface area contributed by atoms with E-state index in [1.807, 2.05) is 0 Å². The van der Waals surface area contributed by atoms with Crippen LogP contribution < -0.4 is 0 Å². The maximum Gasteiger partial charge on any atom is 0.0982 e. The Morgan fingerprint density at radius 1 is 1.31 bits per heavy atom. The summed E-state index contributed by atoms with van der Waals surface area (Å²) in [5.41, 5.74) is 2.78. The fourth-order valence-corrected chi connectivity index (χ4v) is 1.74. The molecule has 1 rings (SSSR count). The summed E-state index contributed by atoms with van der Waals surface area (Å²) in [7, 11) is 2.15. The van der Waals surface area contributed by atoms with Crippen molar-refractivity contribution in [3.8, 4) is 0 Å². The Morgan fingerprint density at radius 3 is 2.31 bits per heavy atom. The van der Waals surface area contributed by atoms with Gasteiger partial charge in [0.25, 0.3) is 0 Å². The van der Waals surface area contributed by atoms with Crippen LogP contribution in [0.4, 0.5) is 0 Å². The van der Waals surface area contributed by atoms with Gasteiger partial charge in [0.1, 0.15) is 0 Å². The molecule has 1 heterocycles. The average molecular weight is 180 g/mol. The molecule has 2 nitrogen and oxygen atoms in total. The van der Waals surface area contributed by atoms with Crippen LogP contribution in [-0.2, 0) is 0 Å². The van der Waals surface area contributed by atoms with Crippen molar-refractivity contribution in [1.29, 1.82) is 0 Å². The highest BCUT2D eigenvalue weighted by molar-refractivity contribution is 5.16. The molecule has 0 fully saturated rings. The Hall–Kier alpha value is -0.920. The lowest BCUT2D eigenvalue weighted by Crippen LogP contribution is -2.35. The fourth-order valence-electron chi connectivity index (χ4n) is 1.74. The lowest BCUT2D eigenvalue weighted by atomic mass is 10.3. The van der Waals surface area contributed by atoms with Gasteiger partial charge in [-0.1, -0.05) is 12.2 Å². The van der Waals surface area contributed by atoms with E-state index >= 15 is 0 Å². The van der Waals surface area contributed by atoms with Crippen LogP contribution >= 0.6 is 0 Å². The first kappa shape index (κ1) is 10.2. The average Bonchev–Trinajstić information content (AvgIpc) is 2.30. The van der Waals surface area contributed by atoms with E-state index in [1.165, 1.54) is 11.4 Å². The maximum atomic E-state index is 2.41. The van der Waals surface area contributed by atoms with E-state index in [0.717, 1.165) is 6.54 Å². The van der Waals surface area contributed by atoms with Gasteiger partial charge < -0.3 is 9.80 Å². The highest BCUT2D eigenvalue weighted by Crippen LogP contribution is 2.26. The SMILES string of the molecule is CC=CCN1C(C)=C(C)N(C)C1C. The van der Waals surface area contributed by atoms with Gasteiger partial charge in [-0.25, -0.2) is 0 Å². The lowest BCUT2D eigenvalue weighted by molar-refractivity contribution is 0.193. The third-order valence-corrected chi connectivity index (χ3v) is 3.03. The summed E-state index contributed by atoms with van der Waals surface area (Å²) in [5, 5.41) is 0. The summed E-state index contributed by atoms with van der Waals surface area (Å²) in [6.07, 6.45) is 4.80. The fraction of sp³-hybridized carbons (Fsp3) is 0.636. The van der Waals surface area contributed by atoms with E-state index < -0.39 is 0 Å². The molecule has 2 heteroatoms. The summed E-state index contributed by atoms with van der Waals surface area (Å²) >= 11 is 0. The lowest BCUT2D eigenvalue weighted by Gasteiger charge is -2.28. The molecule has 0 aromatic rings. The molecule has 0 aromatic heterocycles. The molecular weight excluding hydrogens is 160 g/mol. The first-order chi connectivity index (χ1) is 6.09. The molecule has 1 aliphatic heterocycles. The first-order valence-corrected chi connectivity index (χ1v) is 4.87. The Labute approximate surface area is 81.5 Å². The molecule has 0 amide bonds. The van der Waals surface area contributed by atoms with Crippen molar-refractivity contribution in [2.24, 2.45) is 0 Å². The van der Waals surface area contributed by atoms with Crippen molar-refractivity contribution >= 4 is 0 Å². The smallest absolute Gasteiger partial charge is 0.0982 e. The predicted molar refractivity (Wildman–Crippen MR) is 57.1 cm³/mol. The van der Waals surface area contributed by atoms with Crippen molar-refractivity contribution in [1.82, 2.24) is 9.80 Å². The minimum atomic E-state index is 0.496. The Morgan fingerprint density at radius 2 is 1.92 bits per heavy atom. The minimum absolute atomic E-state index is 0.496. The van der Waals surface area contributed by atoms with Crippen LogP contribution in [0.3, 0.4) is 0 Å². The molecule has 1 unspecified atom stereocenters. The largest absolute Gasteiger partial charge is 0.357 e. The zero-order valence-corrected chi connectivity index (χ0v) is 9.33. The number of nitrogens with zero attached hydrogens (tertiary/aromatic N) is 2. The molecule has 1 atom stereocenters. The number of hydrogen-bond donors (Lipinski definition) is 0. The highest BCUT2D eigenvalue weighted by Gasteiger charge is 2.26. The van der Waals surface area contributed by atoms with Crippen LogP contribution in [0.5, 0.6) is 0 Å². The molecule has 0 spiro atoms. The van der Waals surface area contributed by atoms with Crippen molar-refractivity contribution < 1.29 is 0 Å². The quantitative estimate of drug-likeness (QED) is 0.602. The Bertz CT molecular complexity index is 240. The predicted octanol–water partition coefficient (Wildman–Crippen LogP) is 2.41. The normalized spacial score (nSPS) is 23.9. The van der Waals surface area contributed by atoms with Gasteiger partial charge in [-0.2, -0.15) is 0 Å². The number of allylic oxidation sites excluding steroid dienone is 3. The van der Waals surface area contributed by atoms with Gasteiger partial charge in [-0.15, -0.1) is 0 Å². The Kier molecular flexibility index (Phi) is 3.02. The van der Waals surface area contributed by atoms with Gasteiger partial charge in [0.2, 0.25) is 0 Å².